The van der Waals surface area contributed by atoms with E-state index in [2.05, 4.69) is 16.6 Å². The van der Waals surface area contributed by atoms with Gasteiger partial charge in [-0.2, -0.15) is 0 Å². The molecule has 1 aromatic heterocycles. The first-order valence-corrected chi connectivity index (χ1v) is 5.51. The SMILES string of the molecule is C=CC=N/C(C(=O)CC)=C(\C)c1ccccn1. The Bertz CT molecular complexity index is 458. The van der Waals surface area contributed by atoms with Crippen LogP contribution in [0.3, 0.4) is 0 Å². The highest BCUT2D eigenvalue weighted by Gasteiger charge is 2.11. The van der Waals surface area contributed by atoms with Gasteiger partial charge in [-0.15, -0.1) is 0 Å². The van der Waals surface area contributed by atoms with Crippen LogP contribution in [0, 0.1) is 0 Å². The van der Waals surface area contributed by atoms with Gasteiger partial charge in [-0.05, 0) is 19.1 Å². The average molecular weight is 228 g/mol. The molecule has 0 amide bonds. The molecule has 0 spiro atoms. The maximum absolute atomic E-state index is 11.8. The molecule has 0 fully saturated rings. The molecular formula is C14H16N2O. The maximum Gasteiger partial charge on any atom is 0.181 e. The lowest BCUT2D eigenvalue weighted by Gasteiger charge is -2.05. The third-order valence-corrected chi connectivity index (χ3v) is 2.30. The summed E-state index contributed by atoms with van der Waals surface area (Å²) < 4.78 is 0. The normalized spacial score (nSPS) is 12.4. The Labute approximate surface area is 102 Å². The highest BCUT2D eigenvalue weighted by atomic mass is 16.1. The van der Waals surface area contributed by atoms with E-state index in [0.29, 0.717) is 12.1 Å². The topological polar surface area (TPSA) is 42.3 Å². The number of hydrogen-bond donors (Lipinski definition) is 0. The first kappa shape index (κ1) is 13.0. The molecular weight excluding hydrogens is 212 g/mol. The summed E-state index contributed by atoms with van der Waals surface area (Å²) in [5, 5.41) is 0. The van der Waals surface area contributed by atoms with Gasteiger partial charge in [0.25, 0.3) is 0 Å². The van der Waals surface area contributed by atoms with E-state index in [1.807, 2.05) is 32.0 Å². The molecule has 0 saturated carbocycles. The van der Waals surface area contributed by atoms with Crippen LogP contribution in [0.5, 0.6) is 0 Å². The lowest BCUT2D eigenvalue weighted by Crippen LogP contribution is -2.02. The van der Waals surface area contributed by atoms with Crippen molar-refractivity contribution < 1.29 is 4.79 Å². The van der Waals surface area contributed by atoms with E-state index in [-0.39, 0.29) is 5.78 Å². The van der Waals surface area contributed by atoms with E-state index in [9.17, 15) is 4.79 Å². The molecule has 17 heavy (non-hydrogen) atoms. The number of allylic oxidation sites excluding steroid dienone is 3. The molecule has 0 aliphatic heterocycles. The van der Waals surface area contributed by atoms with E-state index in [1.54, 1.807) is 12.3 Å². The van der Waals surface area contributed by atoms with Crippen LogP contribution in [-0.2, 0) is 4.79 Å². The summed E-state index contributed by atoms with van der Waals surface area (Å²) in [4.78, 5) is 20.1. The monoisotopic (exact) mass is 228 g/mol. The lowest BCUT2D eigenvalue weighted by molar-refractivity contribution is -0.115. The molecule has 1 rings (SSSR count). The Morgan fingerprint density at radius 2 is 2.29 bits per heavy atom. The van der Waals surface area contributed by atoms with E-state index in [0.717, 1.165) is 11.3 Å². The van der Waals surface area contributed by atoms with Crippen LogP contribution in [0.15, 0.2) is 47.7 Å². The fraction of sp³-hybridized carbons (Fsp3) is 0.214. The second-order valence-corrected chi connectivity index (χ2v) is 3.48. The summed E-state index contributed by atoms with van der Waals surface area (Å²) >= 11 is 0. The molecule has 0 N–H and O–H groups in total. The van der Waals surface area contributed by atoms with Gasteiger partial charge in [-0.1, -0.05) is 25.6 Å². The number of ketones is 1. The van der Waals surface area contributed by atoms with Crippen LogP contribution in [0.1, 0.15) is 26.0 Å². The van der Waals surface area contributed by atoms with E-state index in [4.69, 9.17) is 0 Å². The van der Waals surface area contributed by atoms with Crippen LogP contribution < -0.4 is 0 Å². The molecule has 0 radical (unpaired) electrons. The Morgan fingerprint density at radius 1 is 1.53 bits per heavy atom. The van der Waals surface area contributed by atoms with Gasteiger partial charge in [0.05, 0.1) is 5.69 Å². The lowest BCUT2D eigenvalue weighted by atomic mass is 10.1. The Kier molecular flexibility index (Phi) is 5.01. The fourth-order valence-electron chi connectivity index (χ4n) is 1.38. The summed E-state index contributed by atoms with van der Waals surface area (Å²) in [5.41, 5.74) is 2.01. The molecule has 0 aromatic carbocycles. The van der Waals surface area contributed by atoms with E-state index < -0.39 is 0 Å². The van der Waals surface area contributed by atoms with Crippen molar-refractivity contribution in [3.05, 3.63) is 48.4 Å². The second kappa shape index (κ2) is 6.53. The highest BCUT2D eigenvalue weighted by Crippen LogP contribution is 2.18. The van der Waals surface area contributed by atoms with Gasteiger partial charge in [0, 0.05) is 24.4 Å². The van der Waals surface area contributed by atoms with Gasteiger partial charge in [0.15, 0.2) is 5.78 Å². The van der Waals surface area contributed by atoms with E-state index >= 15 is 0 Å². The van der Waals surface area contributed by atoms with Crippen LogP contribution in [0.2, 0.25) is 0 Å². The van der Waals surface area contributed by atoms with E-state index in [1.165, 1.54) is 6.21 Å². The molecule has 88 valence electrons. The summed E-state index contributed by atoms with van der Waals surface area (Å²) in [7, 11) is 0. The molecule has 0 aliphatic rings. The second-order valence-electron chi connectivity index (χ2n) is 3.48. The Hall–Kier alpha value is -2.03. The number of carbonyl (C=O) groups is 1. The minimum Gasteiger partial charge on any atom is -0.292 e. The smallest absolute Gasteiger partial charge is 0.181 e. The quantitative estimate of drug-likeness (QED) is 0.574. The van der Waals surface area contributed by atoms with Crippen molar-refractivity contribution in [2.75, 3.05) is 0 Å². The van der Waals surface area contributed by atoms with Gasteiger partial charge >= 0.3 is 0 Å². The van der Waals surface area contributed by atoms with Crippen LogP contribution >= 0.6 is 0 Å². The van der Waals surface area contributed by atoms with Crippen molar-refractivity contribution in [2.24, 2.45) is 4.99 Å². The van der Waals surface area contributed by atoms with Gasteiger partial charge in [-0.3, -0.25) is 14.8 Å². The predicted molar refractivity (Wildman–Crippen MR) is 70.8 cm³/mol. The largest absolute Gasteiger partial charge is 0.292 e. The van der Waals surface area contributed by atoms with Crippen molar-refractivity contribution >= 4 is 17.6 Å². The average Bonchev–Trinajstić information content (AvgIpc) is 2.39. The molecule has 0 saturated heterocycles. The van der Waals surface area contributed by atoms with Gasteiger partial charge in [-0.25, -0.2) is 0 Å². The summed E-state index contributed by atoms with van der Waals surface area (Å²) in [6, 6.07) is 5.59. The number of rotatable bonds is 5. The van der Waals surface area contributed by atoms with Crippen molar-refractivity contribution in [3.63, 3.8) is 0 Å². The molecule has 0 unspecified atom stereocenters. The number of pyridine rings is 1. The van der Waals surface area contributed by atoms with Crippen molar-refractivity contribution in [1.29, 1.82) is 0 Å². The zero-order chi connectivity index (χ0) is 12.7. The standard InChI is InChI=1S/C14H16N2O/c1-4-9-16-14(13(17)5-2)11(3)12-8-6-7-10-15-12/h4,6-10H,1,5H2,2-3H3/b14-11+,16-9?. The number of carbonyl (C=O) groups excluding carboxylic acids is 1. The number of aliphatic imine (C=N–C) groups is 1. The molecule has 3 heteroatoms. The zero-order valence-corrected chi connectivity index (χ0v) is 10.2. The van der Waals surface area contributed by atoms with Gasteiger partial charge in [0.1, 0.15) is 5.70 Å². The minimum atomic E-state index is 0.00579. The predicted octanol–water partition coefficient (Wildman–Crippen LogP) is 3.05. The van der Waals surface area contributed by atoms with Crippen molar-refractivity contribution in [3.8, 4) is 0 Å². The molecule has 0 aliphatic carbocycles. The van der Waals surface area contributed by atoms with Crippen LogP contribution in [0.25, 0.3) is 5.57 Å². The minimum absolute atomic E-state index is 0.00579. The summed E-state index contributed by atoms with van der Waals surface area (Å²) in [5.74, 6) is 0.00579. The number of hydrogen-bond acceptors (Lipinski definition) is 3. The molecule has 0 bridgehead atoms. The molecule has 1 heterocycles. The third-order valence-electron chi connectivity index (χ3n) is 2.30. The summed E-state index contributed by atoms with van der Waals surface area (Å²) in [6.45, 7) is 7.22. The number of aromatic nitrogens is 1. The van der Waals surface area contributed by atoms with Gasteiger partial charge in [0.2, 0.25) is 0 Å². The van der Waals surface area contributed by atoms with Crippen molar-refractivity contribution in [2.45, 2.75) is 20.3 Å². The summed E-state index contributed by atoms with van der Waals surface area (Å²) in [6.07, 6.45) is 5.20. The van der Waals surface area contributed by atoms with Crippen LogP contribution in [-0.4, -0.2) is 17.0 Å². The van der Waals surface area contributed by atoms with Crippen molar-refractivity contribution in [1.82, 2.24) is 4.98 Å². The fourth-order valence-corrected chi connectivity index (χ4v) is 1.38. The molecule has 0 atom stereocenters. The Morgan fingerprint density at radius 3 is 2.82 bits per heavy atom. The Balaban J connectivity index is 3.23. The highest BCUT2D eigenvalue weighted by molar-refractivity contribution is 6.03. The third kappa shape index (κ3) is 3.48. The number of nitrogens with zero attached hydrogens (tertiary/aromatic N) is 2. The maximum atomic E-state index is 11.8. The number of Topliss-reactive ketones (excluding diaryl/α,β-unsaturated/α-hetero) is 1. The van der Waals surface area contributed by atoms with Gasteiger partial charge < -0.3 is 0 Å². The first-order valence-electron chi connectivity index (χ1n) is 5.51. The molecule has 1 aromatic rings. The van der Waals surface area contributed by atoms with Crippen LogP contribution in [0.4, 0.5) is 0 Å². The molecule has 3 nitrogen and oxygen atoms in total. The first-order chi connectivity index (χ1) is 8.20. The zero-order valence-electron chi connectivity index (χ0n) is 10.2.